The van der Waals surface area contributed by atoms with Gasteiger partial charge in [0.25, 0.3) is 0 Å². The molecular weight excluding hydrogens is 388 g/mol. The van der Waals surface area contributed by atoms with Crippen molar-refractivity contribution in [2.75, 3.05) is 0 Å². The SMILES string of the molecule is CCn1cc(C(=O)OC2OC(C(=O)O)C(O)C(O)C2O)c(=O)c2ccc(C)nc21. The number of hydrogen-bond acceptors (Lipinski definition) is 9. The highest BCUT2D eigenvalue weighted by Crippen LogP contribution is 2.23. The molecule has 11 nitrogen and oxygen atoms in total. The standard InChI is InChI=1S/C18H20N2O9/c1-3-20-6-9(10(21)8-5-4-7(2)19-15(8)20)17(27)29-18-13(24)11(22)12(23)14(28-18)16(25)26/h4-6,11-14,18,22-24H,3H2,1-2H3,(H,25,26). The van der Waals surface area contributed by atoms with Crippen LogP contribution in [0.25, 0.3) is 11.0 Å². The van der Waals surface area contributed by atoms with E-state index in [4.69, 9.17) is 14.6 Å². The number of aliphatic carboxylic acids is 1. The number of hydrogen-bond donors (Lipinski definition) is 4. The van der Waals surface area contributed by atoms with Gasteiger partial charge in [0.1, 0.15) is 29.5 Å². The minimum absolute atomic E-state index is 0.177. The Labute approximate surface area is 163 Å². The van der Waals surface area contributed by atoms with Crippen LogP contribution in [0.2, 0.25) is 0 Å². The predicted molar refractivity (Wildman–Crippen MR) is 96.1 cm³/mol. The summed E-state index contributed by atoms with van der Waals surface area (Å²) in [5.41, 5.74) is 0.0176. The van der Waals surface area contributed by atoms with Gasteiger partial charge in [-0.05, 0) is 26.0 Å². The number of aliphatic hydroxyl groups excluding tert-OH is 3. The molecule has 11 heteroatoms. The van der Waals surface area contributed by atoms with Crippen molar-refractivity contribution in [3.05, 3.63) is 39.8 Å². The highest BCUT2D eigenvalue weighted by Gasteiger charge is 2.48. The van der Waals surface area contributed by atoms with Crippen molar-refractivity contribution in [2.24, 2.45) is 0 Å². The molecule has 3 heterocycles. The summed E-state index contributed by atoms with van der Waals surface area (Å²) in [6.07, 6.45) is -8.36. The van der Waals surface area contributed by atoms with Gasteiger partial charge in [0.2, 0.25) is 11.7 Å². The van der Waals surface area contributed by atoms with E-state index in [-0.39, 0.29) is 10.9 Å². The number of aryl methyl sites for hydroxylation is 2. The van der Waals surface area contributed by atoms with E-state index in [1.165, 1.54) is 12.3 Å². The van der Waals surface area contributed by atoms with Crippen molar-refractivity contribution >= 4 is 23.0 Å². The molecule has 156 valence electrons. The van der Waals surface area contributed by atoms with Crippen LogP contribution in [0, 0.1) is 6.92 Å². The van der Waals surface area contributed by atoms with Gasteiger partial charge in [0, 0.05) is 18.4 Å². The highest BCUT2D eigenvalue weighted by molar-refractivity contribution is 5.93. The highest BCUT2D eigenvalue weighted by atomic mass is 16.7. The maximum atomic E-state index is 12.7. The second kappa shape index (κ2) is 7.87. The molecule has 0 aromatic carbocycles. The van der Waals surface area contributed by atoms with Gasteiger partial charge in [-0.3, -0.25) is 4.79 Å². The summed E-state index contributed by atoms with van der Waals surface area (Å²) in [5.74, 6) is -2.80. The van der Waals surface area contributed by atoms with E-state index in [1.54, 1.807) is 24.5 Å². The summed E-state index contributed by atoms with van der Waals surface area (Å²) in [7, 11) is 0. The first-order chi connectivity index (χ1) is 13.6. The zero-order valence-electron chi connectivity index (χ0n) is 15.6. The van der Waals surface area contributed by atoms with Crippen molar-refractivity contribution in [3.63, 3.8) is 0 Å². The topological polar surface area (TPSA) is 168 Å². The van der Waals surface area contributed by atoms with E-state index in [1.807, 2.05) is 0 Å². The fourth-order valence-corrected chi connectivity index (χ4v) is 3.06. The van der Waals surface area contributed by atoms with Crippen LogP contribution in [0.15, 0.2) is 23.1 Å². The zero-order chi connectivity index (χ0) is 21.5. The molecule has 0 aliphatic carbocycles. The molecule has 5 atom stereocenters. The molecule has 3 rings (SSSR count). The van der Waals surface area contributed by atoms with E-state index in [0.717, 1.165) is 0 Å². The summed E-state index contributed by atoms with van der Waals surface area (Å²) in [6, 6.07) is 3.14. The fourth-order valence-electron chi connectivity index (χ4n) is 3.06. The fraction of sp³-hybridized carbons (Fsp3) is 0.444. The van der Waals surface area contributed by atoms with Crippen LogP contribution in [0.3, 0.4) is 0 Å². The van der Waals surface area contributed by atoms with Crippen LogP contribution in [0.4, 0.5) is 0 Å². The number of pyridine rings is 2. The number of aliphatic hydroxyl groups is 3. The Morgan fingerprint density at radius 1 is 1.21 bits per heavy atom. The molecule has 0 bridgehead atoms. The Hall–Kier alpha value is -2.86. The van der Waals surface area contributed by atoms with Gasteiger partial charge in [-0.1, -0.05) is 0 Å². The van der Waals surface area contributed by atoms with Gasteiger partial charge in [-0.2, -0.15) is 0 Å². The molecule has 0 spiro atoms. The molecular formula is C18H20N2O9. The zero-order valence-corrected chi connectivity index (χ0v) is 15.6. The third-order valence-corrected chi connectivity index (χ3v) is 4.66. The maximum Gasteiger partial charge on any atom is 0.346 e. The number of ether oxygens (including phenoxy) is 2. The quantitative estimate of drug-likeness (QED) is 0.450. The predicted octanol–water partition coefficient (Wildman–Crippen LogP) is -1.23. The van der Waals surface area contributed by atoms with Gasteiger partial charge >= 0.3 is 11.9 Å². The lowest BCUT2D eigenvalue weighted by Crippen LogP contribution is -2.60. The molecule has 4 N–H and O–H groups in total. The van der Waals surface area contributed by atoms with Crippen LogP contribution < -0.4 is 5.43 Å². The van der Waals surface area contributed by atoms with Crippen LogP contribution in [0.1, 0.15) is 23.0 Å². The van der Waals surface area contributed by atoms with Crippen molar-refractivity contribution < 1.29 is 39.5 Å². The summed E-state index contributed by atoms with van der Waals surface area (Å²) < 4.78 is 11.4. The lowest BCUT2D eigenvalue weighted by molar-refractivity contribution is -0.278. The second-order valence-corrected chi connectivity index (χ2v) is 6.62. The van der Waals surface area contributed by atoms with E-state index in [0.29, 0.717) is 17.9 Å². The molecule has 0 saturated carbocycles. The normalized spacial score (nSPS) is 27.0. The van der Waals surface area contributed by atoms with Gasteiger partial charge in [0.15, 0.2) is 6.10 Å². The van der Waals surface area contributed by atoms with E-state index in [2.05, 4.69) is 4.98 Å². The Bertz CT molecular complexity index is 1020. The second-order valence-electron chi connectivity index (χ2n) is 6.62. The van der Waals surface area contributed by atoms with Crippen molar-refractivity contribution in [3.8, 4) is 0 Å². The van der Waals surface area contributed by atoms with Crippen LogP contribution in [-0.4, -0.2) is 72.6 Å². The third-order valence-electron chi connectivity index (χ3n) is 4.66. The van der Waals surface area contributed by atoms with Crippen LogP contribution in [-0.2, 0) is 20.8 Å². The largest absolute Gasteiger partial charge is 0.479 e. The van der Waals surface area contributed by atoms with Gasteiger partial charge < -0.3 is 34.5 Å². The summed E-state index contributed by atoms with van der Waals surface area (Å²) >= 11 is 0. The summed E-state index contributed by atoms with van der Waals surface area (Å²) in [6.45, 7) is 3.93. The molecule has 2 aromatic rings. The number of esters is 1. The number of rotatable bonds is 4. The minimum Gasteiger partial charge on any atom is -0.479 e. The lowest BCUT2D eigenvalue weighted by Gasteiger charge is -2.37. The third kappa shape index (κ3) is 3.72. The number of carbonyl (C=O) groups excluding carboxylic acids is 1. The molecule has 5 unspecified atom stereocenters. The van der Waals surface area contributed by atoms with E-state index in [9.17, 15) is 29.7 Å². The Morgan fingerprint density at radius 3 is 2.52 bits per heavy atom. The minimum atomic E-state index is -1.93. The lowest BCUT2D eigenvalue weighted by atomic mass is 9.99. The van der Waals surface area contributed by atoms with E-state index >= 15 is 0 Å². The average Bonchev–Trinajstić information content (AvgIpc) is 2.68. The number of carboxylic acid groups (broad SMARTS) is 1. The summed E-state index contributed by atoms with van der Waals surface area (Å²) in [4.78, 5) is 40.8. The smallest absolute Gasteiger partial charge is 0.346 e. The number of fused-ring (bicyclic) bond motifs is 1. The molecule has 1 aliphatic heterocycles. The molecule has 0 radical (unpaired) electrons. The Morgan fingerprint density at radius 2 is 1.90 bits per heavy atom. The first-order valence-electron chi connectivity index (χ1n) is 8.80. The summed E-state index contributed by atoms with van der Waals surface area (Å²) in [5, 5.41) is 38.7. The van der Waals surface area contributed by atoms with Crippen LogP contribution >= 0.6 is 0 Å². The molecule has 0 amide bonds. The average molecular weight is 408 g/mol. The molecule has 1 aliphatic rings. The number of carboxylic acids is 1. The maximum absolute atomic E-state index is 12.7. The van der Waals surface area contributed by atoms with Crippen molar-refractivity contribution in [1.82, 2.24) is 9.55 Å². The number of nitrogens with zero attached hydrogens (tertiary/aromatic N) is 2. The Kier molecular flexibility index (Phi) is 5.66. The molecule has 29 heavy (non-hydrogen) atoms. The molecule has 1 saturated heterocycles. The first kappa shape index (κ1) is 20.9. The van der Waals surface area contributed by atoms with Crippen molar-refractivity contribution in [1.29, 1.82) is 0 Å². The van der Waals surface area contributed by atoms with Gasteiger partial charge in [-0.25, -0.2) is 14.6 Å². The number of carbonyl (C=O) groups is 2. The number of aromatic nitrogens is 2. The van der Waals surface area contributed by atoms with Crippen LogP contribution in [0.5, 0.6) is 0 Å². The first-order valence-corrected chi connectivity index (χ1v) is 8.80. The Balaban J connectivity index is 1.95. The van der Waals surface area contributed by atoms with Gasteiger partial charge in [-0.15, -0.1) is 0 Å². The van der Waals surface area contributed by atoms with Crippen molar-refractivity contribution in [2.45, 2.75) is 51.1 Å². The molecule has 2 aromatic heterocycles. The van der Waals surface area contributed by atoms with E-state index < -0.39 is 48.1 Å². The molecule has 1 fully saturated rings. The van der Waals surface area contributed by atoms with Gasteiger partial charge in [0.05, 0.1) is 5.39 Å². The monoisotopic (exact) mass is 408 g/mol.